The highest BCUT2D eigenvalue weighted by atomic mass is 35.5. The van der Waals surface area contributed by atoms with E-state index >= 15 is 0 Å². The molecule has 0 heterocycles. The number of halogens is 1. The van der Waals surface area contributed by atoms with Crippen LogP contribution in [0.4, 0.5) is 0 Å². The predicted molar refractivity (Wildman–Crippen MR) is 132 cm³/mol. The fourth-order valence-electron chi connectivity index (χ4n) is 3.38. The smallest absolute Gasteiger partial charge is 0.243 e. The third-order valence-electron chi connectivity index (χ3n) is 4.99. The Labute approximate surface area is 199 Å². The molecule has 3 rings (SSSR count). The lowest BCUT2D eigenvalue weighted by molar-refractivity contribution is -0.139. The Morgan fingerprint density at radius 1 is 0.906 bits per heavy atom. The number of benzene rings is 3. The zero-order valence-electron chi connectivity index (χ0n) is 18.0. The van der Waals surface area contributed by atoms with Gasteiger partial charge in [-0.05, 0) is 42.3 Å². The Morgan fingerprint density at radius 2 is 1.50 bits per heavy atom. The van der Waals surface area contributed by atoms with Crippen LogP contribution in [0.25, 0.3) is 0 Å². The third-order valence-corrected chi connectivity index (χ3v) is 6.24. The fraction of sp³-hybridized carbons (Fsp3) is 0.231. The van der Waals surface area contributed by atoms with Gasteiger partial charge in [-0.2, -0.15) is 0 Å². The van der Waals surface area contributed by atoms with Crippen LogP contribution in [0.1, 0.15) is 18.1 Å². The Bertz CT molecular complexity index is 997. The average molecular weight is 467 g/mol. The van der Waals surface area contributed by atoms with E-state index in [2.05, 4.69) is 5.32 Å². The summed E-state index contributed by atoms with van der Waals surface area (Å²) >= 11 is 7.41. The fourth-order valence-corrected chi connectivity index (χ4v) is 4.30. The second kappa shape index (κ2) is 12.3. The van der Waals surface area contributed by atoms with Crippen LogP contribution in [0.2, 0.25) is 5.02 Å². The molecule has 1 N–H and O–H groups in total. The summed E-state index contributed by atoms with van der Waals surface area (Å²) in [5.41, 5.74) is 2.00. The summed E-state index contributed by atoms with van der Waals surface area (Å²) < 4.78 is 0. The quantitative estimate of drug-likeness (QED) is 0.417. The topological polar surface area (TPSA) is 49.4 Å². The van der Waals surface area contributed by atoms with Gasteiger partial charge >= 0.3 is 0 Å². The molecule has 2 amide bonds. The minimum absolute atomic E-state index is 0.0824. The highest BCUT2D eigenvalue weighted by molar-refractivity contribution is 8.00. The van der Waals surface area contributed by atoms with Crippen molar-refractivity contribution in [1.82, 2.24) is 10.2 Å². The van der Waals surface area contributed by atoms with Crippen LogP contribution in [0.5, 0.6) is 0 Å². The lowest BCUT2D eigenvalue weighted by atomic mass is 10.0. The van der Waals surface area contributed by atoms with Crippen LogP contribution >= 0.6 is 23.4 Å². The first-order chi connectivity index (χ1) is 15.6. The molecule has 0 aromatic heterocycles. The maximum atomic E-state index is 13.4. The second-order valence-electron chi connectivity index (χ2n) is 7.35. The van der Waals surface area contributed by atoms with Crippen LogP contribution in [0.15, 0.2) is 89.8 Å². The van der Waals surface area contributed by atoms with E-state index in [0.717, 1.165) is 16.0 Å². The third kappa shape index (κ3) is 7.14. The van der Waals surface area contributed by atoms with Crippen molar-refractivity contribution in [3.05, 3.63) is 101 Å². The molecule has 0 aliphatic heterocycles. The zero-order valence-corrected chi connectivity index (χ0v) is 19.6. The van der Waals surface area contributed by atoms with E-state index in [4.69, 9.17) is 11.6 Å². The summed E-state index contributed by atoms with van der Waals surface area (Å²) in [6.07, 6.45) is 0.455. The number of hydrogen-bond acceptors (Lipinski definition) is 3. The largest absolute Gasteiger partial charge is 0.355 e. The predicted octanol–water partition coefficient (Wildman–Crippen LogP) is 5.21. The number of amides is 2. The van der Waals surface area contributed by atoms with Gasteiger partial charge in [-0.15, -0.1) is 11.8 Å². The summed E-state index contributed by atoms with van der Waals surface area (Å²) in [4.78, 5) is 29.2. The van der Waals surface area contributed by atoms with Crippen molar-refractivity contribution < 1.29 is 9.59 Å². The zero-order chi connectivity index (χ0) is 22.8. The first-order valence-electron chi connectivity index (χ1n) is 10.6. The monoisotopic (exact) mass is 466 g/mol. The SMILES string of the molecule is CCNC(=O)[C@H](Cc1ccccc1)N(Cc1ccccc1)C(=O)CSc1ccc(Cl)cc1. The van der Waals surface area contributed by atoms with E-state index in [9.17, 15) is 9.59 Å². The lowest BCUT2D eigenvalue weighted by Gasteiger charge is -2.31. The van der Waals surface area contributed by atoms with Crippen LogP contribution in [0, 0.1) is 0 Å². The number of nitrogens with zero attached hydrogens (tertiary/aromatic N) is 1. The van der Waals surface area contributed by atoms with Crippen molar-refractivity contribution in [3.63, 3.8) is 0 Å². The standard InChI is InChI=1S/C26H27ClN2O2S/c1-2-28-26(31)24(17-20-9-5-3-6-10-20)29(18-21-11-7-4-8-12-21)25(30)19-32-23-15-13-22(27)14-16-23/h3-16,24H,2,17-19H2,1H3,(H,28,31)/t24-/m0/s1. The van der Waals surface area contributed by atoms with Gasteiger partial charge < -0.3 is 10.2 Å². The van der Waals surface area contributed by atoms with Crippen LogP contribution in [-0.2, 0) is 22.6 Å². The molecule has 6 heteroatoms. The number of likely N-dealkylation sites (N-methyl/N-ethyl adjacent to an activating group) is 1. The number of hydrogen-bond donors (Lipinski definition) is 1. The summed E-state index contributed by atoms with van der Waals surface area (Å²) in [6, 6.07) is 26.4. The molecule has 4 nitrogen and oxygen atoms in total. The number of carbonyl (C=O) groups excluding carboxylic acids is 2. The van der Waals surface area contributed by atoms with Gasteiger partial charge in [0.2, 0.25) is 11.8 Å². The Hall–Kier alpha value is -2.76. The maximum Gasteiger partial charge on any atom is 0.243 e. The van der Waals surface area contributed by atoms with Gasteiger partial charge in [0.1, 0.15) is 6.04 Å². The minimum Gasteiger partial charge on any atom is -0.355 e. The average Bonchev–Trinajstić information content (AvgIpc) is 2.82. The summed E-state index contributed by atoms with van der Waals surface area (Å²) in [6.45, 7) is 2.77. The molecule has 0 saturated heterocycles. The summed E-state index contributed by atoms with van der Waals surface area (Å²) in [5.74, 6) is 0.0113. The maximum absolute atomic E-state index is 13.4. The highest BCUT2D eigenvalue weighted by Gasteiger charge is 2.30. The van der Waals surface area contributed by atoms with Crippen molar-refractivity contribution in [2.24, 2.45) is 0 Å². The Kier molecular flexibility index (Phi) is 9.20. The molecule has 1 atom stereocenters. The van der Waals surface area contributed by atoms with Gasteiger partial charge in [-0.1, -0.05) is 72.3 Å². The molecular weight excluding hydrogens is 440 g/mol. The molecule has 0 aliphatic carbocycles. The molecule has 0 unspecified atom stereocenters. The molecule has 0 saturated carbocycles. The van der Waals surface area contributed by atoms with Crippen molar-refractivity contribution in [3.8, 4) is 0 Å². The highest BCUT2D eigenvalue weighted by Crippen LogP contribution is 2.22. The van der Waals surface area contributed by atoms with E-state index in [-0.39, 0.29) is 17.6 Å². The summed E-state index contributed by atoms with van der Waals surface area (Å²) in [5, 5.41) is 3.57. The number of carbonyl (C=O) groups is 2. The van der Waals surface area contributed by atoms with Gasteiger partial charge in [-0.3, -0.25) is 9.59 Å². The molecule has 0 spiro atoms. The molecule has 32 heavy (non-hydrogen) atoms. The first kappa shape index (κ1) is 23.9. The number of thioether (sulfide) groups is 1. The van der Waals surface area contributed by atoms with Crippen molar-refractivity contribution in [1.29, 1.82) is 0 Å². The lowest BCUT2D eigenvalue weighted by Crippen LogP contribution is -2.51. The van der Waals surface area contributed by atoms with Crippen LogP contribution in [-0.4, -0.2) is 35.1 Å². The Balaban J connectivity index is 1.85. The first-order valence-corrected chi connectivity index (χ1v) is 12.0. The minimum atomic E-state index is -0.601. The van der Waals surface area contributed by atoms with Crippen molar-refractivity contribution in [2.45, 2.75) is 30.8 Å². The van der Waals surface area contributed by atoms with Crippen LogP contribution < -0.4 is 5.32 Å². The molecule has 0 bridgehead atoms. The van der Waals surface area contributed by atoms with Crippen molar-refractivity contribution in [2.75, 3.05) is 12.3 Å². The molecule has 0 aliphatic rings. The van der Waals surface area contributed by atoms with Crippen molar-refractivity contribution >= 4 is 35.2 Å². The van der Waals surface area contributed by atoms with E-state index in [1.54, 1.807) is 4.90 Å². The van der Waals surface area contributed by atoms with Gasteiger partial charge in [0, 0.05) is 29.4 Å². The number of nitrogens with one attached hydrogen (secondary N) is 1. The molecule has 3 aromatic rings. The summed E-state index contributed by atoms with van der Waals surface area (Å²) in [7, 11) is 0. The molecular formula is C26H27ClN2O2S. The molecule has 166 valence electrons. The van der Waals surface area contributed by atoms with E-state index in [1.807, 2.05) is 91.9 Å². The second-order valence-corrected chi connectivity index (χ2v) is 8.84. The molecule has 0 fully saturated rings. The molecule has 0 radical (unpaired) electrons. The van der Waals surface area contributed by atoms with Gasteiger partial charge in [-0.25, -0.2) is 0 Å². The van der Waals surface area contributed by atoms with E-state index < -0.39 is 6.04 Å². The number of rotatable bonds is 10. The van der Waals surface area contributed by atoms with Gasteiger partial charge in [0.25, 0.3) is 0 Å². The molecule has 3 aromatic carbocycles. The van der Waals surface area contributed by atoms with Crippen LogP contribution in [0.3, 0.4) is 0 Å². The van der Waals surface area contributed by atoms with Gasteiger partial charge in [0.05, 0.1) is 5.75 Å². The Morgan fingerprint density at radius 3 is 2.09 bits per heavy atom. The van der Waals surface area contributed by atoms with Gasteiger partial charge in [0.15, 0.2) is 0 Å². The van der Waals surface area contributed by atoms with E-state index in [0.29, 0.717) is 24.5 Å². The normalized spacial score (nSPS) is 11.6. The van der Waals surface area contributed by atoms with E-state index in [1.165, 1.54) is 11.8 Å².